The SMILES string of the molecule is CN1c2ccc(N(c3ccccc3)c3ccccc3)cc2C2C=C3C(=CC21)C(C)(C)c1cc(N(c2ccccc2)C2C=CC=CC2)c2ccccc2c13. The van der Waals surface area contributed by atoms with Crippen LogP contribution in [0.3, 0.4) is 0 Å². The number of para-hydroxylation sites is 3. The van der Waals surface area contributed by atoms with E-state index >= 15 is 0 Å². The first kappa shape index (κ1) is 31.7. The largest absolute Gasteiger partial charge is 0.367 e. The minimum absolute atomic E-state index is 0.159. The molecule has 0 radical (unpaired) electrons. The van der Waals surface area contributed by atoms with E-state index < -0.39 is 0 Å². The van der Waals surface area contributed by atoms with Gasteiger partial charge in [-0.2, -0.15) is 0 Å². The molecule has 10 rings (SSSR count). The molecule has 3 nitrogen and oxygen atoms in total. The van der Waals surface area contributed by atoms with Crippen molar-refractivity contribution >= 4 is 50.5 Å². The van der Waals surface area contributed by atoms with Gasteiger partial charge >= 0.3 is 0 Å². The Hall–Kier alpha value is -6.06. The van der Waals surface area contributed by atoms with Gasteiger partial charge in [0.15, 0.2) is 0 Å². The van der Waals surface area contributed by atoms with E-state index in [1.165, 1.54) is 61.4 Å². The lowest BCUT2D eigenvalue weighted by Gasteiger charge is -2.35. The first-order valence-corrected chi connectivity index (χ1v) is 18.9. The summed E-state index contributed by atoms with van der Waals surface area (Å²) in [7, 11) is 2.28. The molecule has 0 fully saturated rings. The summed E-state index contributed by atoms with van der Waals surface area (Å²) in [6, 6.07) is 51.6. The summed E-state index contributed by atoms with van der Waals surface area (Å²) >= 11 is 0. The fraction of sp³-hybridized carbons (Fsp3) is 0.160. The van der Waals surface area contributed by atoms with Crippen molar-refractivity contribution in [2.45, 2.75) is 43.7 Å². The lowest BCUT2D eigenvalue weighted by atomic mass is 9.77. The molecule has 6 aromatic rings. The molecule has 1 heterocycles. The average molecular weight is 686 g/mol. The third-order valence-electron chi connectivity index (χ3n) is 12.0. The molecule has 258 valence electrons. The number of nitrogens with zero attached hydrogens (tertiary/aromatic N) is 3. The number of hydrogen-bond donors (Lipinski definition) is 0. The van der Waals surface area contributed by atoms with Crippen molar-refractivity contribution in [2.24, 2.45) is 0 Å². The lowest BCUT2D eigenvalue weighted by molar-refractivity contribution is 0.635. The summed E-state index contributed by atoms with van der Waals surface area (Å²) in [5.41, 5.74) is 14.2. The summed E-state index contributed by atoms with van der Waals surface area (Å²) in [5, 5.41) is 2.63. The van der Waals surface area contributed by atoms with E-state index in [9.17, 15) is 0 Å². The fourth-order valence-corrected chi connectivity index (χ4v) is 9.49. The Balaban J connectivity index is 1.14. The summed E-state index contributed by atoms with van der Waals surface area (Å²) < 4.78 is 0. The van der Waals surface area contributed by atoms with E-state index in [0.29, 0.717) is 0 Å². The number of benzene rings is 6. The molecule has 6 aromatic carbocycles. The fourth-order valence-electron chi connectivity index (χ4n) is 9.49. The van der Waals surface area contributed by atoms with Gasteiger partial charge in [0, 0.05) is 57.9 Å². The van der Waals surface area contributed by atoms with Crippen LogP contribution >= 0.6 is 0 Å². The zero-order valence-electron chi connectivity index (χ0n) is 30.5. The van der Waals surface area contributed by atoms with Crippen LogP contribution < -0.4 is 14.7 Å². The number of allylic oxidation sites excluding steroid dienone is 4. The van der Waals surface area contributed by atoms with Gasteiger partial charge in [0.25, 0.3) is 0 Å². The van der Waals surface area contributed by atoms with Crippen molar-refractivity contribution in [3.05, 3.63) is 198 Å². The smallest absolute Gasteiger partial charge is 0.0580 e. The predicted octanol–water partition coefficient (Wildman–Crippen LogP) is 12.5. The number of rotatable bonds is 6. The van der Waals surface area contributed by atoms with Gasteiger partial charge in [-0.05, 0) is 100 Å². The second-order valence-electron chi connectivity index (χ2n) is 15.3. The van der Waals surface area contributed by atoms with E-state index in [4.69, 9.17) is 0 Å². The van der Waals surface area contributed by atoms with Crippen LogP contribution in [0, 0.1) is 0 Å². The Kier molecular flexibility index (Phi) is 7.33. The van der Waals surface area contributed by atoms with Crippen molar-refractivity contribution < 1.29 is 0 Å². The first-order valence-electron chi connectivity index (χ1n) is 18.9. The highest BCUT2D eigenvalue weighted by Crippen LogP contribution is 2.59. The second kappa shape index (κ2) is 12.3. The van der Waals surface area contributed by atoms with Crippen molar-refractivity contribution in [3.63, 3.8) is 0 Å². The maximum Gasteiger partial charge on any atom is 0.0580 e. The predicted molar refractivity (Wildman–Crippen MR) is 224 cm³/mol. The van der Waals surface area contributed by atoms with E-state index in [1.54, 1.807) is 0 Å². The van der Waals surface area contributed by atoms with Crippen LogP contribution in [0.1, 0.15) is 42.9 Å². The molecule has 3 heteroatoms. The van der Waals surface area contributed by atoms with Gasteiger partial charge in [0.2, 0.25) is 0 Å². The van der Waals surface area contributed by atoms with Crippen molar-refractivity contribution in [2.75, 3.05) is 21.7 Å². The highest BCUT2D eigenvalue weighted by molar-refractivity contribution is 6.09. The lowest BCUT2D eigenvalue weighted by Crippen LogP contribution is -2.31. The molecule has 3 unspecified atom stereocenters. The summed E-state index contributed by atoms with van der Waals surface area (Å²) in [5.74, 6) is 0.238. The summed E-state index contributed by atoms with van der Waals surface area (Å²) in [6.07, 6.45) is 15.2. The minimum Gasteiger partial charge on any atom is -0.367 e. The van der Waals surface area contributed by atoms with Crippen molar-refractivity contribution in [3.8, 4) is 0 Å². The topological polar surface area (TPSA) is 9.72 Å². The number of hydrogen-bond acceptors (Lipinski definition) is 3. The van der Waals surface area contributed by atoms with Crippen LogP contribution in [0.5, 0.6) is 0 Å². The highest BCUT2D eigenvalue weighted by Gasteiger charge is 2.46. The Morgan fingerprint density at radius 2 is 1.28 bits per heavy atom. The third kappa shape index (κ3) is 4.94. The maximum atomic E-state index is 2.62. The molecule has 0 saturated heterocycles. The first-order chi connectivity index (χ1) is 26.0. The molecular formula is C50H43N3. The summed E-state index contributed by atoms with van der Waals surface area (Å²) in [4.78, 5) is 7.45. The molecule has 0 bridgehead atoms. The van der Waals surface area contributed by atoms with Gasteiger partial charge in [-0.15, -0.1) is 0 Å². The Bertz CT molecular complexity index is 2450. The van der Waals surface area contributed by atoms with E-state index in [1.807, 2.05) is 0 Å². The van der Waals surface area contributed by atoms with Gasteiger partial charge in [-0.3, -0.25) is 0 Å². The van der Waals surface area contributed by atoms with Gasteiger partial charge in [0.1, 0.15) is 0 Å². The molecule has 4 aliphatic rings. The third-order valence-corrected chi connectivity index (χ3v) is 12.0. The maximum absolute atomic E-state index is 2.62. The van der Waals surface area contributed by atoms with Crippen LogP contribution in [0.2, 0.25) is 0 Å². The molecular weight excluding hydrogens is 643 g/mol. The van der Waals surface area contributed by atoms with Crippen LogP contribution in [-0.2, 0) is 5.41 Å². The average Bonchev–Trinajstić information content (AvgIpc) is 3.61. The molecule has 0 saturated carbocycles. The molecule has 0 aromatic heterocycles. The Labute approximate surface area is 313 Å². The van der Waals surface area contributed by atoms with Gasteiger partial charge in [-0.1, -0.05) is 129 Å². The normalized spacial score (nSPS) is 20.3. The van der Waals surface area contributed by atoms with Gasteiger partial charge in [0.05, 0.1) is 12.1 Å². The Morgan fingerprint density at radius 1 is 0.642 bits per heavy atom. The number of likely N-dealkylation sites (N-methyl/N-ethyl adjacent to an activating group) is 1. The molecule has 0 amide bonds. The Morgan fingerprint density at radius 3 is 1.94 bits per heavy atom. The van der Waals surface area contributed by atoms with Crippen LogP contribution in [0.25, 0.3) is 16.3 Å². The van der Waals surface area contributed by atoms with Crippen molar-refractivity contribution in [1.29, 1.82) is 0 Å². The highest BCUT2D eigenvalue weighted by atomic mass is 15.2. The van der Waals surface area contributed by atoms with Crippen LogP contribution in [0.4, 0.5) is 34.1 Å². The standard InChI is InChI=1S/C50H43N3/c1-50(2)44-32-47-42(41-30-38(28-29-46(41)51(47)3)52(34-18-8-4-9-19-34)35-20-10-5-11-21-35)31-43(44)49-40-27-17-16-26-39(40)48(33-45(49)50)53(36-22-12-6-13-23-36)37-24-14-7-15-25-37/h4-24,26-33,37,42,47H,25H2,1-3H3. The second-order valence-corrected chi connectivity index (χ2v) is 15.3. The quantitative estimate of drug-likeness (QED) is 0.173. The number of anilines is 6. The van der Waals surface area contributed by atoms with Crippen LogP contribution in [0.15, 0.2) is 182 Å². The van der Waals surface area contributed by atoms with E-state index in [2.05, 4.69) is 212 Å². The van der Waals surface area contributed by atoms with E-state index in [-0.39, 0.29) is 23.4 Å². The molecule has 3 atom stereocenters. The number of fused-ring (bicyclic) bond motifs is 8. The molecule has 0 N–H and O–H groups in total. The van der Waals surface area contributed by atoms with Gasteiger partial charge < -0.3 is 14.7 Å². The van der Waals surface area contributed by atoms with Crippen LogP contribution in [-0.4, -0.2) is 19.1 Å². The zero-order valence-corrected chi connectivity index (χ0v) is 30.5. The molecule has 1 aliphatic heterocycles. The molecule has 3 aliphatic carbocycles. The monoisotopic (exact) mass is 685 g/mol. The summed E-state index contributed by atoms with van der Waals surface area (Å²) in [6.45, 7) is 4.87. The zero-order chi connectivity index (χ0) is 35.7. The minimum atomic E-state index is -0.159. The molecule has 53 heavy (non-hydrogen) atoms. The molecule has 0 spiro atoms. The van der Waals surface area contributed by atoms with E-state index in [0.717, 1.165) is 17.8 Å². The van der Waals surface area contributed by atoms with Gasteiger partial charge in [-0.25, -0.2) is 0 Å². The van der Waals surface area contributed by atoms with Crippen molar-refractivity contribution in [1.82, 2.24) is 0 Å².